The van der Waals surface area contributed by atoms with Gasteiger partial charge in [0.1, 0.15) is 0 Å². The van der Waals surface area contributed by atoms with E-state index < -0.39 is 0 Å². The van der Waals surface area contributed by atoms with Crippen LogP contribution in [0, 0.1) is 34.5 Å². The van der Waals surface area contributed by atoms with E-state index in [4.69, 9.17) is 0 Å². The molecule has 0 N–H and O–H groups in total. The average molecular weight is 382 g/mol. The summed E-state index contributed by atoms with van der Waals surface area (Å²) in [6.07, 6.45) is 17.6. The van der Waals surface area contributed by atoms with E-state index >= 15 is 0 Å². The Hall–Kier alpha value is 0.210. The van der Waals surface area contributed by atoms with Crippen molar-refractivity contribution in [2.75, 3.05) is 0 Å². The topological polar surface area (TPSA) is 0 Å². The van der Waals surface area contributed by atoms with Crippen molar-refractivity contribution in [3.63, 3.8) is 0 Å². The third-order valence-corrected chi connectivity index (χ3v) is 8.48. The molecule has 0 aromatic carbocycles. The monoisotopic (exact) mass is 382 g/mol. The number of fused-ring (bicyclic) bond motifs is 5. The minimum absolute atomic E-state index is 0.545. The summed E-state index contributed by atoms with van der Waals surface area (Å²) >= 11 is 2.58. The Kier molecular flexibility index (Phi) is 3.18. The molecule has 0 amide bonds. The maximum absolute atomic E-state index is 2.64. The molecule has 4 aliphatic rings. The molecule has 0 bridgehead atoms. The number of hydrogen-bond donors (Lipinski definition) is 0. The highest BCUT2D eigenvalue weighted by Crippen LogP contribution is 2.64. The largest absolute Gasteiger partial charge is 0.0877 e. The van der Waals surface area contributed by atoms with Gasteiger partial charge in [-0.25, -0.2) is 0 Å². The Balaban J connectivity index is 1.66. The molecular formula is C19H27I. The summed E-state index contributed by atoms with van der Waals surface area (Å²) in [6.45, 7) is 5.18. The molecule has 1 heteroatoms. The molecule has 0 aliphatic heterocycles. The van der Waals surface area contributed by atoms with Crippen LogP contribution in [-0.2, 0) is 0 Å². The molecular weight excluding hydrogens is 355 g/mol. The van der Waals surface area contributed by atoms with Crippen LogP contribution in [0.15, 0.2) is 21.8 Å². The van der Waals surface area contributed by atoms with Gasteiger partial charge in [0.25, 0.3) is 0 Å². The first-order valence-corrected chi connectivity index (χ1v) is 9.63. The van der Waals surface area contributed by atoms with Gasteiger partial charge in [0.2, 0.25) is 0 Å². The van der Waals surface area contributed by atoms with Crippen molar-refractivity contribution in [2.45, 2.75) is 58.8 Å². The first-order valence-electron chi connectivity index (χ1n) is 8.55. The van der Waals surface area contributed by atoms with Crippen LogP contribution >= 0.6 is 22.6 Å². The fourth-order valence-corrected chi connectivity index (χ4v) is 7.07. The molecule has 0 aromatic heterocycles. The summed E-state index contributed by atoms with van der Waals surface area (Å²) in [4.78, 5) is 0. The summed E-state index contributed by atoms with van der Waals surface area (Å²) in [7, 11) is 0. The predicted molar refractivity (Wildman–Crippen MR) is 93.7 cm³/mol. The number of hydrogen-bond acceptors (Lipinski definition) is 0. The van der Waals surface area contributed by atoms with Gasteiger partial charge in [0.15, 0.2) is 0 Å². The second kappa shape index (κ2) is 4.60. The molecule has 0 saturated heterocycles. The van der Waals surface area contributed by atoms with Crippen LogP contribution in [0.25, 0.3) is 0 Å². The summed E-state index contributed by atoms with van der Waals surface area (Å²) in [5.41, 5.74) is 1.16. The van der Waals surface area contributed by atoms with Crippen LogP contribution in [0.1, 0.15) is 58.8 Å². The van der Waals surface area contributed by atoms with Gasteiger partial charge in [0.05, 0.1) is 0 Å². The Labute approximate surface area is 137 Å². The van der Waals surface area contributed by atoms with E-state index in [1.54, 1.807) is 3.58 Å². The summed E-state index contributed by atoms with van der Waals surface area (Å²) in [6, 6.07) is 0. The zero-order chi connectivity index (χ0) is 14.0. The SMILES string of the molecule is C[C@]12CC=C(I)C[C@@H]1CC[C@@H]1[C@@H]2CC[C@]2(C)C=CC[C@@H]12. The van der Waals surface area contributed by atoms with Crippen molar-refractivity contribution in [3.05, 3.63) is 21.8 Å². The first kappa shape index (κ1) is 13.8. The first-order chi connectivity index (χ1) is 9.53. The highest BCUT2D eigenvalue weighted by Gasteiger charge is 2.56. The van der Waals surface area contributed by atoms with Gasteiger partial charge in [-0.15, -0.1) is 0 Å². The van der Waals surface area contributed by atoms with E-state index in [1.165, 1.54) is 44.9 Å². The van der Waals surface area contributed by atoms with Gasteiger partial charge in [-0.2, -0.15) is 0 Å². The van der Waals surface area contributed by atoms with Crippen LogP contribution in [0.4, 0.5) is 0 Å². The number of rotatable bonds is 0. The van der Waals surface area contributed by atoms with E-state index in [0.717, 1.165) is 23.7 Å². The summed E-state index contributed by atoms with van der Waals surface area (Å²) in [5.74, 6) is 3.94. The highest BCUT2D eigenvalue weighted by molar-refractivity contribution is 14.1. The predicted octanol–water partition coefficient (Wildman–Crippen LogP) is 6.12. The van der Waals surface area contributed by atoms with Crippen molar-refractivity contribution in [1.82, 2.24) is 0 Å². The maximum Gasteiger partial charge on any atom is -0.0112 e. The zero-order valence-corrected chi connectivity index (χ0v) is 15.0. The van der Waals surface area contributed by atoms with Crippen molar-refractivity contribution in [3.8, 4) is 0 Å². The van der Waals surface area contributed by atoms with E-state index in [2.05, 4.69) is 54.7 Å². The molecule has 0 heterocycles. The molecule has 0 nitrogen and oxygen atoms in total. The Morgan fingerprint density at radius 3 is 2.85 bits per heavy atom. The normalized spacial score (nSPS) is 53.9. The smallest absolute Gasteiger partial charge is 0.0112 e. The van der Waals surface area contributed by atoms with Crippen molar-refractivity contribution in [2.24, 2.45) is 34.5 Å². The van der Waals surface area contributed by atoms with E-state index in [-0.39, 0.29) is 0 Å². The lowest BCUT2D eigenvalue weighted by atomic mass is 9.46. The van der Waals surface area contributed by atoms with E-state index in [9.17, 15) is 0 Å². The number of allylic oxidation sites excluding steroid dienone is 4. The van der Waals surface area contributed by atoms with Crippen LogP contribution in [-0.4, -0.2) is 0 Å². The van der Waals surface area contributed by atoms with Crippen molar-refractivity contribution >= 4 is 22.6 Å². The molecule has 110 valence electrons. The lowest BCUT2D eigenvalue weighted by Crippen LogP contribution is -2.51. The Bertz CT molecular complexity index is 476. The minimum atomic E-state index is 0.545. The molecule has 6 atom stereocenters. The quantitative estimate of drug-likeness (QED) is 0.350. The van der Waals surface area contributed by atoms with Gasteiger partial charge in [0, 0.05) is 0 Å². The Morgan fingerprint density at radius 1 is 1.15 bits per heavy atom. The van der Waals surface area contributed by atoms with Crippen LogP contribution in [0.3, 0.4) is 0 Å². The summed E-state index contributed by atoms with van der Waals surface area (Å²) < 4.78 is 1.63. The zero-order valence-electron chi connectivity index (χ0n) is 12.9. The fraction of sp³-hybridized carbons (Fsp3) is 0.789. The molecule has 2 fully saturated rings. The van der Waals surface area contributed by atoms with Gasteiger partial charge in [-0.1, -0.05) is 32.1 Å². The fourth-order valence-electron chi connectivity index (χ4n) is 6.32. The van der Waals surface area contributed by atoms with Crippen molar-refractivity contribution < 1.29 is 0 Å². The van der Waals surface area contributed by atoms with Gasteiger partial charge in [-0.3, -0.25) is 0 Å². The van der Waals surface area contributed by atoms with Gasteiger partial charge < -0.3 is 0 Å². The van der Waals surface area contributed by atoms with E-state index in [1.807, 2.05) is 0 Å². The van der Waals surface area contributed by atoms with E-state index in [0.29, 0.717) is 10.8 Å². The van der Waals surface area contributed by atoms with Crippen LogP contribution < -0.4 is 0 Å². The Morgan fingerprint density at radius 2 is 2.00 bits per heavy atom. The van der Waals surface area contributed by atoms with Gasteiger partial charge in [-0.05, 0) is 106 Å². The lowest BCUT2D eigenvalue weighted by Gasteiger charge is -2.59. The molecule has 20 heavy (non-hydrogen) atoms. The van der Waals surface area contributed by atoms with Gasteiger partial charge >= 0.3 is 0 Å². The van der Waals surface area contributed by atoms with Crippen LogP contribution in [0.2, 0.25) is 0 Å². The van der Waals surface area contributed by atoms with Crippen LogP contribution in [0.5, 0.6) is 0 Å². The molecule has 2 saturated carbocycles. The molecule has 0 unspecified atom stereocenters. The molecule has 0 spiro atoms. The van der Waals surface area contributed by atoms with Crippen molar-refractivity contribution in [1.29, 1.82) is 0 Å². The third-order valence-electron chi connectivity index (χ3n) is 7.60. The minimum Gasteiger partial charge on any atom is -0.0877 e. The number of halogens is 1. The lowest BCUT2D eigenvalue weighted by molar-refractivity contribution is -0.0803. The molecule has 4 aliphatic carbocycles. The highest BCUT2D eigenvalue weighted by atomic mass is 127. The second-order valence-corrected chi connectivity index (χ2v) is 9.78. The molecule has 0 radical (unpaired) electrons. The molecule has 0 aromatic rings. The standard InChI is InChI=1S/C19H27I/c1-18-9-3-4-16(18)15-6-5-13-12-14(20)7-11-19(13,2)17(15)8-10-18/h3,7,9,13,15-17H,4-6,8,10-12H2,1-2H3/t13-,15-,16-,17-,18-,19-/m0/s1. The average Bonchev–Trinajstić information content (AvgIpc) is 2.81. The summed E-state index contributed by atoms with van der Waals surface area (Å²) in [5, 5.41) is 0. The molecule has 4 rings (SSSR count). The second-order valence-electron chi connectivity index (χ2n) is 8.40. The third kappa shape index (κ3) is 1.84. The maximum atomic E-state index is 2.64.